The average Bonchev–Trinajstić information content (AvgIpc) is 2.03. The SMILES string of the molecule is CC(C)(C)c1ccccc1C(=O)O.[Cu]. The van der Waals surface area contributed by atoms with Gasteiger partial charge in [-0.2, -0.15) is 0 Å². The van der Waals surface area contributed by atoms with Crippen LogP contribution < -0.4 is 0 Å². The van der Waals surface area contributed by atoms with Crippen LogP contribution in [0.1, 0.15) is 36.7 Å². The Morgan fingerprint density at radius 3 is 2.07 bits per heavy atom. The fourth-order valence-corrected chi connectivity index (χ4v) is 1.32. The minimum absolute atomic E-state index is 0. The van der Waals surface area contributed by atoms with Crippen molar-refractivity contribution in [1.29, 1.82) is 0 Å². The molecule has 2 nitrogen and oxygen atoms in total. The van der Waals surface area contributed by atoms with E-state index in [0.29, 0.717) is 5.56 Å². The van der Waals surface area contributed by atoms with Crippen molar-refractivity contribution in [2.24, 2.45) is 0 Å². The van der Waals surface area contributed by atoms with Gasteiger partial charge in [-0.25, -0.2) is 4.79 Å². The van der Waals surface area contributed by atoms with Crippen LogP contribution in [0.15, 0.2) is 24.3 Å². The van der Waals surface area contributed by atoms with Crippen LogP contribution in [-0.4, -0.2) is 11.1 Å². The first-order chi connectivity index (χ1) is 5.93. The van der Waals surface area contributed by atoms with Crippen LogP contribution in [0.25, 0.3) is 0 Å². The molecule has 1 rings (SSSR count). The Morgan fingerprint density at radius 2 is 1.71 bits per heavy atom. The van der Waals surface area contributed by atoms with Gasteiger partial charge < -0.3 is 5.11 Å². The Labute approximate surface area is 94.8 Å². The number of hydrogen-bond acceptors (Lipinski definition) is 1. The van der Waals surface area contributed by atoms with Crippen molar-refractivity contribution < 1.29 is 27.0 Å². The Hall–Kier alpha value is -0.791. The molecule has 1 N–H and O–H groups in total. The molecule has 0 aliphatic heterocycles. The van der Waals surface area contributed by atoms with Gasteiger partial charge in [-0.1, -0.05) is 39.0 Å². The molecule has 1 radical (unpaired) electrons. The Morgan fingerprint density at radius 1 is 1.21 bits per heavy atom. The van der Waals surface area contributed by atoms with Crippen molar-refractivity contribution in [3.8, 4) is 0 Å². The molecule has 0 bridgehead atoms. The molecule has 3 heteroatoms. The van der Waals surface area contributed by atoms with Gasteiger partial charge in [0.15, 0.2) is 0 Å². The first-order valence-corrected chi connectivity index (χ1v) is 4.26. The topological polar surface area (TPSA) is 37.3 Å². The number of carbonyl (C=O) groups is 1. The van der Waals surface area contributed by atoms with Gasteiger partial charge in [0.2, 0.25) is 0 Å². The number of hydrogen-bond donors (Lipinski definition) is 1. The van der Waals surface area contributed by atoms with E-state index in [1.807, 2.05) is 32.9 Å². The number of carboxylic acids is 1. The monoisotopic (exact) mass is 241 g/mol. The second-order valence-corrected chi connectivity index (χ2v) is 4.10. The van der Waals surface area contributed by atoms with E-state index >= 15 is 0 Å². The van der Waals surface area contributed by atoms with Crippen LogP contribution in [-0.2, 0) is 22.5 Å². The molecule has 0 spiro atoms. The zero-order valence-electron chi connectivity index (χ0n) is 8.47. The third kappa shape index (κ3) is 2.86. The Balaban J connectivity index is 0.00000169. The van der Waals surface area contributed by atoms with Gasteiger partial charge in [-0.15, -0.1) is 0 Å². The van der Waals surface area contributed by atoms with Crippen molar-refractivity contribution in [2.75, 3.05) is 0 Å². The summed E-state index contributed by atoms with van der Waals surface area (Å²) in [7, 11) is 0. The zero-order chi connectivity index (χ0) is 10.1. The van der Waals surface area contributed by atoms with E-state index < -0.39 is 5.97 Å². The maximum Gasteiger partial charge on any atom is 0.335 e. The summed E-state index contributed by atoms with van der Waals surface area (Å²) in [5.74, 6) is -0.856. The van der Waals surface area contributed by atoms with E-state index in [2.05, 4.69) is 0 Å². The van der Waals surface area contributed by atoms with Gasteiger partial charge in [-0.3, -0.25) is 0 Å². The molecule has 0 heterocycles. The van der Waals surface area contributed by atoms with E-state index in [-0.39, 0.29) is 22.5 Å². The summed E-state index contributed by atoms with van der Waals surface area (Å²) >= 11 is 0. The van der Waals surface area contributed by atoms with Gasteiger partial charge >= 0.3 is 5.97 Å². The quantitative estimate of drug-likeness (QED) is 0.768. The molecule has 14 heavy (non-hydrogen) atoms. The summed E-state index contributed by atoms with van der Waals surface area (Å²) in [6.07, 6.45) is 0. The second kappa shape index (κ2) is 4.63. The van der Waals surface area contributed by atoms with Crippen LogP contribution in [0.3, 0.4) is 0 Å². The summed E-state index contributed by atoms with van der Waals surface area (Å²) in [5, 5.41) is 8.93. The zero-order valence-corrected chi connectivity index (χ0v) is 9.41. The van der Waals surface area contributed by atoms with Crippen molar-refractivity contribution in [1.82, 2.24) is 0 Å². The summed E-state index contributed by atoms with van der Waals surface area (Å²) < 4.78 is 0. The Kier molecular flexibility index (Phi) is 4.37. The van der Waals surface area contributed by atoms with Gasteiger partial charge in [-0.05, 0) is 17.0 Å². The predicted octanol–water partition coefficient (Wildman–Crippen LogP) is 2.68. The van der Waals surface area contributed by atoms with E-state index in [0.717, 1.165) is 5.56 Å². The molecule has 0 aliphatic rings. The average molecular weight is 242 g/mol. The molecule has 1 aromatic carbocycles. The Bertz CT molecular complexity index is 326. The fourth-order valence-electron chi connectivity index (χ4n) is 1.32. The summed E-state index contributed by atoms with van der Waals surface area (Å²) in [5.41, 5.74) is 1.16. The molecule has 0 aromatic heterocycles. The summed E-state index contributed by atoms with van der Waals surface area (Å²) in [6, 6.07) is 7.12. The van der Waals surface area contributed by atoms with Gasteiger partial charge in [0, 0.05) is 17.1 Å². The molecular weight excluding hydrogens is 228 g/mol. The van der Waals surface area contributed by atoms with E-state index in [1.165, 1.54) is 0 Å². The summed E-state index contributed by atoms with van der Waals surface area (Å²) in [4.78, 5) is 10.9. The maximum absolute atomic E-state index is 10.9. The normalized spacial score (nSPS) is 10.5. The van der Waals surface area contributed by atoms with E-state index in [4.69, 9.17) is 5.11 Å². The van der Waals surface area contributed by atoms with Crippen LogP contribution in [0, 0.1) is 0 Å². The predicted molar refractivity (Wildman–Crippen MR) is 52.1 cm³/mol. The first-order valence-electron chi connectivity index (χ1n) is 4.26. The first kappa shape index (κ1) is 13.2. The second-order valence-electron chi connectivity index (χ2n) is 4.10. The molecular formula is C11H14CuO2. The number of benzene rings is 1. The molecule has 0 fully saturated rings. The third-order valence-electron chi connectivity index (χ3n) is 1.97. The fraction of sp³-hybridized carbons (Fsp3) is 0.364. The smallest absolute Gasteiger partial charge is 0.335 e. The molecule has 0 saturated carbocycles. The molecule has 0 amide bonds. The standard InChI is InChI=1S/C11H14O2.Cu/c1-11(2,3)9-7-5-4-6-8(9)10(12)13;/h4-7H,1-3H3,(H,12,13);. The van der Waals surface area contributed by atoms with Crippen molar-refractivity contribution in [3.05, 3.63) is 35.4 Å². The van der Waals surface area contributed by atoms with Crippen molar-refractivity contribution in [2.45, 2.75) is 26.2 Å². The minimum Gasteiger partial charge on any atom is -0.478 e. The molecule has 0 atom stereocenters. The van der Waals surface area contributed by atoms with Crippen LogP contribution in [0.5, 0.6) is 0 Å². The molecule has 1 aromatic rings. The minimum atomic E-state index is -0.856. The van der Waals surface area contributed by atoms with E-state index in [1.54, 1.807) is 12.1 Å². The van der Waals surface area contributed by atoms with Crippen LogP contribution >= 0.6 is 0 Å². The molecule has 0 unspecified atom stereocenters. The third-order valence-corrected chi connectivity index (χ3v) is 1.97. The molecule has 0 aliphatic carbocycles. The van der Waals surface area contributed by atoms with Crippen LogP contribution in [0.2, 0.25) is 0 Å². The van der Waals surface area contributed by atoms with Gasteiger partial charge in [0.1, 0.15) is 0 Å². The maximum atomic E-state index is 10.9. The number of aromatic carboxylic acids is 1. The van der Waals surface area contributed by atoms with Gasteiger partial charge in [0.05, 0.1) is 5.56 Å². The van der Waals surface area contributed by atoms with Crippen molar-refractivity contribution in [3.63, 3.8) is 0 Å². The number of rotatable bonds is 1. The largest absolute Gasteiger partial charge is 0.478 e. The summed E-state index contributed by atoms with van der Waals surface area (Å²) in [6.45, 7) is 6.03. The van der Waals surface area contributed by atoms with E-state index in [9.17, 15) is 4.79 Å². The van der Waals surface area contributed by atoms with Crippen LogP contribution in [0.4, 0.5) is 0 Å². The van der Waals surface area contributed by atoms with Gasteiger partial charge in [0.25, 0.3) is 0 Å². The molecule has 0 saturated heterocycles. The van der Waals surface area contributed by atoms with Crippen molar-refractivity contribution >= 4 is 5.97 Å². The number of carboxylic acid groups (broad SMARTS) is 1. The molecule has 81 valence electrons.